The number of fused-ring (bicyclic) bond motifs is 1. The van der Waals surface area contributed by atoms with Crippen LogP contribution in [0.2, 0.25) is 0 Å². The van der Waals surface area contributed by atoms with Crippen LogP contribution < -0.4 is 18.9 Å². The Labute approximate surface area is 203 Å². The summed E-state index contributed by atoms with van der Waals surface area (Å²) in [5, 5.41) is 41.3. The van der Waals surface area contributed by atoms with Crippen molar-refractivity contribution in [1.29, 1.82) is 0 Å². The number of ether oxygens (including phenoxy) is 4. The number of hydrogen-bond acceptors (Lipinski definition) is 8. The first-order valence-corrected chi connectivity index (χ1v) is 11.2. The predicted octanol–water partition coefficient (Wildman–Crippen LogP) is 4.17. The molecule has 0 spiro atoms. The summed E-state index contributed by atoms with van der Waals surface area (Å²) in [6, 6.07) is 13.4. The first-order chi connectivity index (χ1) is 16.8. The maximum absolute atomic E-state index is 11.3. The molecule has 1 aliphatic heterocycles. The van der Waals surface area contributed by atoms with E-state index in [2.05, 4.69) is 0 Å². The van der Waals surface area contributed by atoms with E-state index in [1.807, 2.05) is 13.0 Å². The van der Waals surface area contributed by atoms with Gasteiger partial charge in [-0.3, -0.25) is 0 Å². The Balaban J connectivity index is 1.70. The highest BCUT2D eigenvalue weighted by atomic mass is 16.5. The van der Waals surface area contributed by atoms with Crippen LogP contribution in [0.15, 0.2) is 48.5 Å². The third-order valence-corrected chi connectivity index (χ3v) is 6.60. The fourth-order valence-electron chi connectivity index (χ4n) is 4.60. The van der Waals surface area contributed by atoms with E-state index < -0.39 is 12.0 Å². The van der Waals surface area contributed by atoms with Gasteiger partial charge in [-0.25, -0.2) is 0 Å². The lowest BCUT2D eigenvalue weighted by molar-refractivity contribution is 0.106. The van der Waals surface area contributed by atoms with Crippen molar-refractivity contribution in [3.63, 3.8) is 0 Å². The van der Waals surface area contributed by atoms with Crippen molar-refractivity contribution in [2.75, 3.05) is 27.9 Å². The smallest absolute Gasteiger partial charge is 0.165 e. The summed E-state index contributed by atoms with van der Waals surface area (Å²) < 4.78 is 22.3. The molecule has 1 aliphatic rings. The topological polar surface area (TPSA) is 118 Å². The third kappa shape index (κ3) is 4.42. The molecule has 0 saturated carbocycles. The van der Waals surface area contributed by atoms with Gasteiger partial charge in [0.25, 0.3) is 0 Å². The molecule has 0 aromatic heterocycles. The highest BCUT2D eigenvalue weighted by Crippen LogP contribution is 2.52. The molecule has 3 aromatic carbocycles. The molecule has 8 nitrogen and oxygen atoms in total. The molecule has 4 atom stereocenters. The number of benzene rings is 3. The largest absolute Gasteiger partial charge is 0.504 e. The molecule has 0 aliphatic carbocycles. The van der Waals surface area contributed by atoms with Gasteiger partial charge in [0.1, 0.15) is 6.10 Å². The van der Waals surface area contributed by atoms with Crippen LogP contribution in [0.1, 0.15) is 53.2 Å². The Kier molecular flexibility index (Phi) is 6.95. The minimum absolute atomic E-state index is 0.0236. The quantitative estimate of drug-likeness (QED) is 0.378. The van der Waals surface area contributed by atoms with Crippen LogP contribution in [0.4, 0.5) is 0 Å². The van der Waals surface area contributed by atoms with E-state index in [1.54, 1.807) is 36.4 Å². The molecule has 35 heavy (non-hydrogen) atoms. The van der Waals surface area contributed by atoms with Crippen LogP contribution in [-0.4, -0.2) is 48.4 Å². The maximum atomic E-state index is 11.3. The Hall–Kier alpha value is -3.62. The Morgan fingerprint density at radius 1 is 0.829 bits per heavy atom. The summed E-state index contributed by atoms with van der Waals surface area (Å²) in [5.41, 5.74) is 2.87. The minimum atomic E-state index is -1.06. The summed E-state index contributed by atoms with van der Waals surface area (Å²) in [7, 11) is 4.46. The molecule has 0 fully saturated rings. The number of phenolic OH excluding ortho intramolecular Hbond substituents is 2. The second kappa shape index (κ2) is 9.93. The fraction of sp³-hybridized carbons (Fsp3) is 0.333. The number of aliphatic hydroxyl groups is 2. The molecular formula is C27H30O8. The summed E-state index contributed by atoms with van der Waals surface area (Å²) in [5.74, 6) is 0.925. The van der Waals surface area contributed by atoms with Crippen LogP contribution >= 0.6 is 0 Å². The van der Waals surface area contributed by atoms with Gasteiger partial charge in [-0.1, -0.05) is 19.1 Å². The van der Waals surface area contributed by atoms with E-state index in [1.165, 1.54) is 27.4 Å². The summed E-state index contributed by atoms with van der Waals surface area (Å²) in [4.78, 5) is 0. The molecule has 0 bridgehead atoms. The molecule has 186 valence electrons. The van der Waals surface area contributed by atoms with Crippen molar-refractivity contribution in [2.45, 2.75) is 31.0 Å². The van der Waals surface area contributed by atoms with E-state index in [4.69, 9.17) is 18.9 Å². The van der Waals surface area contributed by atoms with Gasteiger partial charge in [0.05, 0.1) is 34.0 Å². The molecule has 0 saturated heterocycles. The van der Waals surface area contributed by atoms with E-state index >= 15 is 0 Å². The Morgan fingerprint density at radius 2 is 1.43 bits per heavy atom. The van der Waals surface area contributed by atoms with Crippen LogP contribution in [0, 0.1) is 0 Å². The van der Waals surface area contributed by atoms with Crippen molar-refractivity contribution in [2.24, 2.45) is 0 Å². The number of methoxy groups -OCH3 is 3. The van der Waals surface area contributed by atoms with Gasteiger partial charge in [0.15, 0.2) is 34.5 Å². The zero-order valence-corrected chi connectivity index (χ0v) is 20.1. The third-order valence-electron chi connectivity index (χ3n) is 6.60. The van der Waals surface area contributed by atoms with Gasteiger partial charge in [-0.2, -0.15) is 0 Å². The molecule has 8 heteroatoms. The van der Waals surface area contributed by atoms with Gasteiger partial charge < -0.3 is 39.4 Å². The van der Waals surface area contributed by atoms with E-state index in [0.29, 0.717) is 28.4 Å². The standard InChI is InChI=1S/C27H30O8/c1-14-18-9-17(25(31)19(13-28)15-5-7-20(29)22(10-15)32-2)12-24(34-4)27(18)35-26(14)16-6-8-21(30)23(11-16)33-3/h5-12,14,19,25-26,28-31H,13H2,1-4H3/t14-,19?,25?,26-/m0/s1. The van der Waals surface area contributed by atoms with Crippen molar-refractivity contribution in [3.8, 4) is 34.5 Å². The lowest BCUT2D eigenvalue weighted by Crippen LogP contribution is -2.15. The fourth-order valence-corrected chi connectivity index (χ4v) is 4.60. The average molecular weight is 483 g/mol. The van der Waals surface area contributed by atoms with Crippen molar-refractivity contribution >= 4 is 0 Å². The molecule has 2 unspecified atom stereocenters. The molecule has 4 N–H and O–H groups in total. The lowest BCUT2D eigenvalue weighted by atomic mass is 9.86. The first kappa shape index (κ1) is 24.5. The zero-order valence-electron chi connectivity index (χ0n) is 20.1. The molecule has 4 rings (SSSR count). The van der Waals surface area contributed by atoms with Crippen molar-refractivity contribution in [3.05, 3.63) is 70.8 Å². The van der Waals surface area contributed by atoms with Crippen LogP contribution in [0.25, 0.3) is 0 Å². The second-order valence-corrected chi connectivity index (χ2v) is 8.57. The number of rotatable bonds is 8. The van der Waals surface area contributed by atoms with E-state index in [9.17, 15) is 20.4 Å². The number of aromatic hydroxyl groups is 2. The van der Waals surface area contributed by atoms with Gasteiger partial charge >= 0.3 is 0 Å². The summed E-state index contributed by atoms with van der Waals surface area (Å²) >= 11 is 0. The molecule has 0 radical (unpaired) electrons. The highest BCUT2D eigenvalue weighted by molar-refractivity contribution is 5.56. The molecule has 1 heterocycles. The lowest BCUT2D eigenvalue weighted by Gasteiger charge is -2.23. The normalized spacial score (nSPS) is 18.3. The average Bonchev–Trinajstić information content (AvgIpc) is 3.21. The van der Waals surface area contributed by atoms with Gasteiger partial charge in [-0.15, -0.1) is 0 Å². The minimum Gasteiger partial charge on any atom is -0.504 e. The maximum Gasteiger partial charge on any atom is 0.165 e. The molecule has 3 aromatic rings. The van der Waals surface area contributed by atoms with E-state index in [-0.39, 0.29) is 35.9 Å². The van der Waals surface area contributed by atoms with Gasteiger partial charge in [0.2, 0.25) is 0 Å². The molecular weight excluding hydrogens is 452 g/mol. The summed E-state index contributed by atoms with van der Waals surface area (Å²) in [6.07, 6.45) is -1.41. The summed E-state index contributed by atoms with van der Waals surface area (Å²) in [6.45, 7) is 1.69. The van der Waals surface area contributed by atoms with Crippen molar-refractivity contribution in [1.82, 2.24) is 0 Å². The highest BCUT2D eigenvalue weighted by Gasteiger charge is 2.37. The van der Waals surface area contributed by atoms with E-state index in [0.717, 1.165) is 11.1 Å². The Morgan fingerprint density at radius 3 is 2.06 bits per heavy atom. The van der Waals surface area contributed by atoms with Gasteiger partial charge in [-0.05, 0) is 53.1 Å². The van der Waals surface area contributed by atoms with Crippen molar-refractivity contribution < 1.29 is 39.4 Å². The monoisotopic (exact) mass is 482 g/mol. The Bertz CT molecular complexity index is 1210. The van der Waals surface area contributed by atoms with Crippen LogP contribution in [-0.2, 0) is 0 Å². The van der Waals surface area contributed by atoms with Crippen LogP contribution in [0.3, 0.4) is 0 Å². The SMILES string of the molecule is COc1cc(C(CO)C(O)c2cc(OC)c3c(c2)[C@H](C)[C@@H](c2ccc(O)c(OC)c2)O3)ccc1O. The number of phenols is 2. The predicted molar refractivity (Wildman–Crippen MR) is 129 cm³/mol. The first-order valence-electron chi connectivity index (χ1n) is 11.2. The van der Waals surface area contributed by atoms with Crippen LogP contribution in [0.5, 0.6) is 34.5 Å². The number of aliphatic hydroxyl groups excluding tert-OH is 2. The number of hydrogen-bond donors (Lipinski definition) is 4. The molecule has 0 amide bonds. The van der Waals surface area contributed by atoms with Gasteiger partial charge in [0, 0.05) is 17.4 Å². The second-order valence-electron chi connectivity index (χ2n) is 8.57. The zero-order chi connectivity index (χ0) is 25.3.